The summed E-state index contributed by atoms with van der Waals surface area (Å²) in [5.74, 6) is -1.07. The Labute approximate surface area is 203 Å². The van der Waals surface area contributed by atoms with Crippen molar-refractivity contribution >= 4 is 50.6 Å². The molecule has 0 aliphatic rings. The highest BCUT2D eigenvalue weighted by atomic mass is 32.2. The molecule has 1 amide bonds. The van der Waals surface area contributed by atoms with Gasteiger partial charge in [0.05, 0.1) is 17.6 Å². The Kier molecular flexibility index (Phi) is 7.64. The summed E-state index contributed by atoms with van der Waals surface area (Å²) in [4.78, 5) is 24.2. The van der Waals surface area contributed by atoms with Gasteiger partial charge in [-0.15, -0.1) is 0 Å². The lowest BCUT2D eigenvalue weighted by atomic mass is 10.1. The fourth-order valence-electron chi connectivity index (χ4n) is 3.21. The monoisotopic (exact) mass is 497 g/mol. The van der Waals surface area contributed by atoms with Crippen LogP contribution in [0.1, 0.15) is 31.8 Å². The van der Waals surface area contributed by atoms with E-state index in [1.54, 1.807) is 18.2 Å². The number of methoxy groups -OCH3 is 1. The maximum atomic E-state index is 12.7. The first kappa shape index (κ1) is 24.9. The third kappa shape index (κ3) is 6.40. The Bertz CT molecular complexity index is 1330. The second kappa shape index (κ2) is 10.4. The van der Waals surface area contributed by atoms with Crippen LogP contribution >= 0.6 is 12.2 Å². The number of aryl methyl sites for hydroxylation is 2. The lowest BCUT2D eigenvalue weighted by molar-refractivity contribution is 0.0600. The topological polar surface area (TPSA) is 114 Å². The van der Waals surface area contributed by atoms with Crippen LogP contribution in [0.5, 0.6) is 0 Å². The summed E-state index contributed by atoms with van der Waals surface area (Å²) in [5.41, 5.74) is 3.33. The van der Waals surface area contributed by atoms with Gasteiger partial charge in [-0.1, -0.05) is 12.1 Å². The molecular weight excluding hydrogens is 474 g/mol. The number of thiocarbonyl (C=S) groups is 1. The average molecular weight is 498 g/mol. The number of anilines is 2. The molecule has 0 fully saturated rings. The van der Waals surface area contributed by atoms with Crippen LogP contribution in [0.3, 0.4) is 0 Å². The van der Waals surface area contributed by atoms with Gasteiger partial charge >= 0.3 is 5.97 Å². The van der Waals surface area contributed by atoms with Gasteiger partial charge in [-0.3, -0.25) is 14.8 Å². The van der Waals surface area contributed by atoms with Crippen molar-refractivity contribution in [3.05, 3.63) is 89.0 Å². The number of nitrogens with one attached hydrogen (secondary N) is 3. The number of carbonyl (C=O) groups is 2. The summed E-state index contributed by atoms with van der Waals surface area (Å²) < 4.78 is 32.6. The number of ether oxygens (including phenoxy) is 1. The Balaban J connectivity index is 1.64. The molecule has 10 heteroatoms. The van der Waals surface area contributed by atoms with Gasteiger partial charge in [0, 0.05) is 16.9 Å². The Morgan fingerprint density at radius 3 is 2.09 bits per heavy atom. The van der Waals surface area contributed by atoms with Gasteiger partial charge in [0.2, 0.25) is 0 Å². The van der Waals surface area contributed by atoms with Crippen molar-refractivity contribution in [1.29, 1.82) is 0 Å². The van der Waals surface area contributed by atoms with E-state index in [-0.39, 0.29) is 21.1 Å². The zero-order valence-corrected chi connectivity index (χ0v) is 20.3. The minimum absolute atomic E-state index is 0.0115. The molecule has 3 aromatic carbocycles. The van der Waals surface area contributed by atoms with Crippen LogP contribution in [-0.4, -0.2) is 32.5 Å². The van der Waals surface area contributed by atoms with E-state index in [1.165, 1.54) is 49.6 Å². The number of sulfonamides is 1. The predicted molar refractivity (Wildman–Crippen MR) is 135 cm³/mol. The standard InChI is InChI=1S/C24H23N3O5S2/c1-15-11-16(2)13-20(12-15)27-34(30,31)21-9-7-19(8-10-21)25-24(33)26-22(28)17-5-4-6-18(14-17)23(29)32-3/h4-14,27H,1-3H3,(H2,25,26,28,33). The molecule has 8 nitrogen and oxygen atoms in total. The van der Waals surface area contributed by atoms with Crippen molar-refractivity contribution < 1.29 is 22.7 Å². The maximum absolute atomic E-state index is 12.7. The molecule has 3 N–H and O–H groups in total. The van der Waals surface area contributed by atoms with E-state index in [0.29, 0.717) is 11.4 Å². The van der Waals surface area contributed by atoms with E-state index in [4.69, 9.17) is 12.2 Å². The molecule has 0 spiro atoms. The summed E-state index contributed by atoms with van der Waals surface area (Å²) >= 11 is 5.17. The lowest BCUT2D eigenvalue weighted by Crippen LogP contribution is -2.34. The molecule has 0 bridgehead atoms. The maximum Gasteiger partial charge on any atom is 0.337 e. The second-order valence-electron chi connectivity index (χ2n) is 7.49. The highest BCUT2D eigenvalue weighted by Crippen LogP contribution is 2.20. The number of hydrogen-bond donors (Lipinski definition) is 3. The molecule has 0 heterocycles. The van der Waals surface area contributed by atoms with Gasteiger partial charge in [-0.2, -0.15) is 0 Å². The summed E-state index contributed by atoms with van der Waals surface area (Å²) in [6.45, 7) is 3.78. The van der Waals surface area contributed by atoms with Crippen LogP contribution in [0.2, 0.25) is 0 Å². The fourth-order valence-corrected chi connectivity index (χ4v) is 4.46. The number of benzene rings is 3. The van der Waals surface area contributed by atoms with Crippen LogP contribution in [0.25, 0.3) is 0 Å². The van der Waals surface area contributed by atoms with Gasteiger partial charge < -0.3 is 10.1 Å². The SMILES string of the molecule is COC(=O)c1cccc(C(=O)NC(=S)Nc2ccc(S(=O)(=O)Nc3cc(C)cc(C)c3)cc2)c1. The zero-order chi connectivity index (χ0) is 24.9. The summed E-state index contributed by atoms with van der Waals surface area (Å²) in [6, 6.07) is 17.4. The van der Waals surface area contributed by atoms with Crippen molar-refractivity contribution in [3.63, 3.8) is 0 Å². The first-order chi connectivity index (χ1) is 16.1. The smallest absolute Gasteiger partial charge is 0.337 e. The second-order valence-corrected chi connectivity index (χ2v) is 9.58. The molecule has 3 aromatic rings. The molecule has 3 rings (SSSR count). The fraction of sp³-hybridized carbons (Fsp3) is 0.125. The molecule has 0 aliphatic carbocycles. The molecule has 34 heavy (non-hydrogen) atoms. The van der Waals surface area contributed by atoms with Crippen LogP contribution in [0.15, 0.2) is 71.6 Å². The predicted octanol–water partition coefficient (Wildman–Crippen LogP) is 4.02. The highest BCUT2D eigenvalue weighted by molar-refractivity contribution is 7.92. The molecular formula is C24H23N3O5S2. The van der Waals surface area contributed by atoms with Crippen molar-refractivity contribution in [3.8, 4) is 0 Å². The minimum Gasteiger partial charge on any atom is -0.465 e. The zero-order valence-electron chi connectivity index (χ0n) is 18.7. The van der Waals surface area contributed by atoms with Gasteiger partial charge in [-0.05, 0) is 91.8 Å². The van der Waals surface area contributed by atoms with E-state index in [9.17, 15) is 18.0 Å². The molecule has 0 aliphatic heterocycles. The Morgan fingerprint density at radius 1 is 0.853 bits per heavy atom. The average Bonchev–Trinajstić information content (AvgIpc) is 2.77. The van der Waals surface area contributed by atoms with E-state index < -0.39 is 21.9 Å². The first-order valence-electron chi connectivity index (χ1n) is 10.1. The third-order valence-corrected chi connectivity index (χ3v) is 6.27. The normalized spacial score (nSPS) is 10.8. The van der Waals surface area contributed by atoms with Crippen molar-refractivity contribution in [2.45, 2.75) is 18.7 Å². The third-order valence-electron chi connectivity index (χ3n) is 4.67. The highest BCUT2D eigenvalue weighted by Gasteiger charge is 2.15. The van der Waals surface area contributed by atoms with Crippen molar-refractivity contribution in [2.24, 2.45) is 0 Å². The summed E-state index contributed by atoms with van der Waals surface area (Å²) in [7, 11) is -2.52. The summed E-state index contributed by atoms with van der Waals surface area (Å²) in [5, 5.41) is 5.35. The van der Waals surface area contributed by atoms with Crippen molar-refractivity contribution in [1.82, 2.24) is 5.32 Å². The van der Waals surface area contributed by atoms with E-state index in [0.717, 1.165) is 11.1 Å². The van der Waals surface area contributed by atoms with E-state index in [2.05, 4.69) is 20.1 Å². The molecule has 0 atom stereocenters. The largest absolute Gasteiger partial charge is 0.465 e. The molecule has 0 unspecified atom stereocenters. The van der Waals surface area contributed by atoms with Gasteiger partial charge in [0.15, 0.2) is 5.11 Å². The Hall–Kier alpha value is -3.76. The molecule has 0 saturated heterocycles. The van der Waals surface area contributed by atoms with Crippen molar-refractivity contribution in [2.75, 3.05) is 17.1 Å². The van der Waals surface area contributed by atoms with Gasteiger partial charge in [0.1, 0.15) is 0 Å². The quantitative estimate of drug-likeness (QED) is 0.348. The number of amides is 1. The van der Waals surface area contributed by atoms with Gasteiger partial charge in [-0.25, -0.2) is 13.2 Å². The van der Waals surface area contributed by atoms with Gasteiger partial charge in [0.25, 0.3) is 15.9 Å². The number of esters is 1. The molecule has 0 radical (unpaired) electrons. The Morgan fingerprint density at radius 2 is 1.47 bits per heavy atom. The van der Waals surface area contributed by atoms with E-state index >= 15 is 0 Å². The molecule has 176 valence electrons. The number of carbonyl (C=O) groups excluding carboxylic acids is 2. The lowest BCUT2D eigenvalue weighted by Gasteiger charge is -2.12. The van der Waals surface area contributed by atoms with E-state index in [1.807, 2.05) is 19.9 Å². The van der Waals surface area contributed by atoms with Crippen LogP contribution < -0.4 is 15.4 Å². The first-order valence-corrected chi connectivity index (χ1v) is 12.0. The van der Waals surface area contributed by atoms with Crippen LogP contribution in [0.4, 0.5) is 11.4 Å². The van der Waals surface area contributed by atoms with Crippen LogP contribution in [0, 0.1) is 13.8 Å². The summed E-state index contributed by atoms with van der Waals surface area (Å²) in [6.07, 6.45) is 0. The number of rotatable bonds is 6. The minimum atomic E-state index is -3.78. The molecule has 0 saturated carbocycles. The number of hydrogen-bond acceptors (Lipinski definition) is 6. The van der Waals surface area contributed by atoms with Crippen LogP contribution in [-0.2, 0) is 14.8 Å². The molecule has 0 aromatic heterocycles.